The molecule has 0 aromatic heterocycles. The van der Waals surface area contributed by atoms with Crippen molar-refractivity contribution in [2.24, 2.45) is 11.7 Å². The minimum atomic E-state index is -0.235. The van der Waals surface area contributed by atoms with Gasteiger partial charge in [-0.05, 0) is 42.5 Å². The molecule has 1 atom stereocenters. The van der Waals surface area contributed by atoms with Crippen LogP contribution in [0.3, 0.4) is 0 Å². The second-order valence-corrected chi connectivity index (χ2v) is 5.00. The molecule has 2 nitrogen and oxygen atoms in total. The van der Waals surface area contributed by atoms with E-state index >= 15 is 0 Å². The number of hydrogen-bond acceptors (Lipinski definition) is 2. The molecular weight excluding hydrogens is 273 g/mol. The maximum absolute atomic E-state index is 13.2. The monoisotopic (exact) mass is 287 g/mol. The molecule has 1 saturated heterocycles. The van der Waals surface area contributed by atoms with Gasteiger partial charge in [0.1, 0.15) is 5.82 Å². The first-order valence-corrected chi connectivity index (χ1v) is 6.26. The van der Waals surface area contributed by atoms with E-state index in [0.29, 0.717) is 5.92 Å². The average Bonchev–Trinajstić information content (AvgIpc) is 2.32. The van der Waals surface area contributed by atoms with E-state index in [1.807, 2.05) is 0 Å². The van der Waals surface area contributed by atoms with Gasteiger partial charge in [-0.25, -0.2) is 4.39 Å². The zero-order chi connectivity index (χ0) is 11.5. The molecule has 0 spiro atoms. The van der Waals surface area contributed by atoms with Crippen molar-refractivity contribution in [2.75, 3.05) is 13.2 Å². The van der Waals surface area contributed by atoms with Crippen LogP contribution in [-0.2, 0) is 4.74 Å². The van der Waals surface area contributed by atoms with Gasteiger partial charge in [-0.2, -0.15) is 0 Å². The van der Waals surface area contributed by atoms with Crippen LogP contribution in [0.5, 0.6) is 0 Å². The lowest BCUT2D eigenvalue weighted by Gasteiger charge is -2.28. The Morgan fingerprint density at radius 3 is 2.75 bits per heavy atom. The van der Waals surface area contributed by atoms with Crippen molar-refractivity contribution < 1.29 is 9.13 Å². The Bertz CT molecular complexity index is 366. The van der Waals surface area contributed by atoms with Crippen LogP contribution in [0.1, 0.15) is 24.4 Å². The predicted octanol–water partition coefficient (Wildman–Crippen LogP) is 3.01. The summed E-state index contributed by atoms with van der Waals surface area (Å²) < 4.78 is 19.4. The molecule has 1 heterocycles. The number of rotatable bonds is 2. The van der Waals surface area contributed by atoms with E-state index < -0.39 is 0 Å². The van der Waals surface area contributed by atoms with Crippen LogP contribution in [0.15, 0.2) is 22.7 Å². The zero-order valence-corrected chi connectivity index (χ0v) is 10.5. The summed E-state index contributed by atoms with van der Waals surface area (Å²) in [4.78, 5) is 0. The van der Waals surface area contributed by atoms with Crippen molar-refractivity contribution >= 4 is 15.9 Å². The largest absolute Gasteiger partial charge is 0.381 e. The van der Waals surface area contributed by atoms with Crippen molar-refractivity contribution in [2.45, 2.75) is 18.9 Å². The van der Waals surface area contributed by atoms with Crippen LogP contribution in [0.25, 0.3) is 0 Å². The molecule has 2 N–H and O–H groups in total. The maximum Gasteiger partial charge on any atom is 0.123 e. The first-order chi connectivity index (χ1) is 7.68. The molecule has 1 aromatic rings. The van der Waals surface area contributed by atoms with Crippen LogP contribution >= 0.6 is 15.9 Å². The Morgan fingerprint density at radius 1 is 1.38 bits per heavy atom. The Balaban J connectivity index is 2.18. The van der Waals surface area contributed by atoms with Gasteiger partial charge in [0.15, 0.2) is 0 Å². The fraction of sp³-hybridized carbons (Fsp3) is 0.500. The third-order valence-corrected chi connectivity index (χ3v) is 3.81. The van der Waals surface area contributed by atoms with Crippen LogP contribution in [0, 0.1) is 11.7 Å². The summed E-state index contributed by atoms with van der Waals surface area (Å²) in [7, 11) is 0. The number of nitrogens with two attached hydrogens (primary N) is 1. The number of halogens is 2. The van der Waals surface area contributed by atoms with Crippen LogP contribution in [-0.4, -0.2) is 13.2 Å². The fourth-order valence-corrected chi connectivity index (χ4v) is 2.61. The molecule has 1 fully saturated rings. The van der Waals surface area contributed by atoms with E-state index in [9.17, 15) is 4.39 Å². The highest BCUT2D eigenvalue weighted by molar-refractivity contribution is 9.10. The van der Waals surface area contributed by atoms with Crippen LogP contribution in [0.2, 0.25) is 0 Å². The summed E-state index contributed by atoms with van der Waals surface area (Å²) in [6, 6.07) is 4.55. The molecule has 2 rings (SSSR count). The summed E-state index contributed by atoms with van der Waals surface area (Å²) in [6.07, 6.45) is 1.90. The van der Waals surface area contributed by atoms with E-state index in [2.05, 4.69) is 15.9 Å². The van der Waals surface area contributed by atoms with Gasteiger partial charge in [0.25, 0.3) is 0 Å². The van der Waals surface area contributed by atoms with Gasteiger partial charge < -0.3 is 10.5 Å². The number of benzene rings is 1. The lowest BCUT2D eigenvalue weighted by molar-refractivity contribution is 0.0583. The lowest BCUT2D eigenvalue weighted by atomic mass is 9.88. The van der Waals surface area contributed by atoms with Gasteiger partial charge in [-0.3, -0.25) is 0 Å². The molecule has 0 radical (unpaired) electrons. The van der Waals surface area contributed by atoms with E-state index in [0.717, 1.165) is 36.1 Å². The average molecular weight is 288 g/mol. The minimum absolute atomic E-state index is 0.117. The first-order valence-electron chi connectivity index (χ1n) is 5.47. The summed E-state index contributed by atoms with van der Waals surface area (Å²) in [6.45, 7) is 1.51. The Kier molecular flexibility index (Phi) is 3.95. The third kappa shape index (κ3) is 2.62. The summed E-state index contributed by atoms with van der Waals surface area (Å²) >= 11 is 3.42. The molecule has 4 heteroatoms. The molecular formula is C12H15BrFNO. The smallest absolute Gasteiger partial charge is 0.123 e. The molecule has 1 unspecified atom stereocenters. The summed E-state index contributed by atoms with van der Waals surface area (Å²) in [5.41, 5.74) is 7.04. The quantitative estimate of drug-likeness (QED) is 0.908. The van der Waals surface area contributed by atoms with Crippen LogP contribution < -0.4 is 5.73 Å². The van der Waals surface area contributed by atoms with Gasteiger partial charge in [0.05, 0.1) is 0 Å². The van der Waals surface area contributed by atoms with Gasteiger partial charge in [-0.15, -0.1) is 0 Å². The highest BCUT2D eigenvalue weighted by Gasteiger charge is 2.23. The maximum atomic E-state index is 13.2. The van der Waals surface area contributed by atoms with Crippen LogP contribution in [0.4, 0.5) is 4.39 Å². The van der Waals surface area contributed by atoms with Crippen molar-refractivity contribution in [3.8, 4) is 0 Å². The molecule has 1 aliphatic heterocycles. The molecule has 1 aromatic carbocycles. The molecule has 88 valence electrons. The Hall–Kier alpha value is -0.450. The van der Waals surface area contributed by atoms with E-state index in [4.69, 9.17) is 10.5 Å². The zero-order valence-electron chi connectivity index (χ0n) is 8.96. The first kappa shape index (κ1) is 12.0. The predicted molar refractivity (Wildman–Crippen MR) is 64.6 cm³/mol. The minimum Gasteiger partial charge on any atom is -0.381 e. The number of ether oxygens (including phenoxy) is 1. The van der Waals surface area contributed by atoms with Gasteiger partial charge >= 0.3 is 0 Å². The third-order valence-electron chi connectivity index (χ3n) is 3.09. The molecule has 1 aliphatic rings. The van der Waals surface area contributed by atoms with Gasteiger partial charge in [0, 0.05) is 23.7 Å². The van der Waals surface area contributed by atoms with Gasteiger partial charge in [0.2, 0.25) is 0 Å². The molecule has 0 saturated carbocycles. The second-order valence-electron chi connectivity index (χ2n) is 4.14. The second kappa shape index (κ2) is 5.25. The molecule has 16 heavy (non-hydrogen) atoms. The molecule has 0 aliphatic carbocycles. The Morgan fingerprint density at radius 2 is 2.06 bits per heavy atom. The highest BCUT2D eigenvalue weighted by atomic mass is 79.9. The van der Waals surface area contributed by atoms with Crippen molar-refractivity contribution in [3.63, 3.8) is 0 Å². The molecule has 0 bridgehead atoms. The topological polar surface area (TPSA) is 35.2 Å². The van der Waals surface area contributed by atoms with Crippen molar-refractivity contribution in [1.29, 1.82) is 0 Å². The molecule has 0 amide bonds. The number of hydrogen-bond donors (Lipinski definition) is 1. The van der Waals surface area contributed by atoms with E-state index in [-0.39, 0.29) is 11.9 Å². The van der Waals surface area contributed by atoms with Crippen molar-refractivity contribution in [3.05, 3.63) is 34.1 Å². The van der Waals surface area contributed by atoms with Gasteiger partial charge in [-0.1, -0.05) is 15.9 Å². The Labute approximate surface area is 103 Å². The normalized spacial score (nSPS) is 19.7. The standard InChI is InChI=1S/C12H15BrFNO/c13-11-2-1-9(14)7-10(11)12(15)8-3-5-16-6-4-8/h1-2,7-8,12H,3-6,15H2. The SMILES string of the molecule is NC(c1cc(F)ccc1Br)C1CCOCC1. The van der Waals surface area contributed by atoms with Crippen molar-refractivity contribution in [1.82, 2.24) is 0 Å². The highest BCUT2D eigenvalue weighted by Crippen LogP contribution is 2.32. The summed E-state index contributed by atoms with van der Waals surface area (Å²) in [5, 5.41) is 0. The lowest BCUT2D eigenvalue weighted by Crippen LogP contribution is -2.27. The summed E-state index contributed by atoms with van der Waals surface area (Å²) in [5.74, 6) is 0.146. The van der Waals surface area contributed by atoms with E-state index in [1.54, 1.807) is 6.07 Å². The van der Waals surface area contributed by atoms with E-state index in [1.165, 1.54) is 12.1 Å². The fourth-order valence-electron chi connectivity index (χ4n) is 2.10.